The maximum Gasteiger partial charge on any atom is 0.269 e. The second-order valence-corrected chi connectivity index (χ2v) is 8.61. The van der Waals surface area contributed by atoms with Gasteiger partial charge >= 0.3 is 0 Å². The average Bonchev–Trinajstić information content (AvgIpc) is 3.36. The SMILES string of the molecule is O=[N+]([O-])c1ccc(-c2ccc(-c3ccc(N(c4ccccc4)c4ccccc4)cc3)s2)cc1. The Morgan fingerprint density at radius 2 is 0.970 bits per heavy atom. The minimum atomic E-state index is -0.376. The highest BCUT2D eigenvalue weighted by Gasteiger charge is 2.13. The highest BCUT2D eigenvalue weighted by Crippen LogP contribution is 2.38. The molecular formula is C28H20N2O2S. The molecule has 0 aliphatic heterocycles. The number of hydrogen-bond donors (Lipinski definition) is 0. The highest BCUT2D eigenvalue weighted by molar-refractivity contribution is 7.18. The summed E-state index contributed by atoms with van der Waals surface area (Å²) in [5.74, 6) is 0. The first-order valence-corrected chi connectivity index (χ1v) is 11.4. The zero-order valence-electron chi connectivity index (χ0n) is 17.7. The number of benzene rings is 4. The van der Waals surface area contributed by atoms with E-state index in [9.17, 15) is 10.1 Å². The van der Waals surface area contributed by atoms with Crippen LogP contribution in [0.3, 0.4) is 0 Å². The molecule has 0 saturated carbocycles. The third-order valence-electron chi connectivity index (χ3n) is 5.41. The Kier molecular flexibility index (Phi) is 5.70. The fraction of sp³-hybridized carbons (Fsp3) is 0. The van der Waals surface area contributed by atoms with E-state index < -0.39 is 0 Å². The van der Waals surface area contributed by atoms with Crippen LogP contribution < -0.4 is 4.90 Å². The molecule has 4 nitrogen and oxygen atoms in total. The van der Waals surface area contributed by atoms with E-state index in [1.165, 1.54) is 0 Å². The predicted octanol–water partition coefficient (Wildman–Crippen LogP) is 8.46. The smallest absolute Gasteiger partial charge is 0.269 e. The van der Waals surface area contributed by atoms with Gasteiger partial charge in [-0.2, -0.15) is 0 Å². The van der Waals surface area contributed by atoms with Gasteiger partial charge in [-0.05, 0) is 71.8 Å². The van der Waals surface area contributed by atoms with Gasteiger partial charge < -0.3 is 4.90 Å². The Hall–Kier alpha value is -4.22. The molecule has 0 radical (unpaired) electrons. The zero-order chi connectivity index (χ0) is 22.6. The molecule has 0 saturated heterocycles. The van der Waals surface area contributed by atoms with E-state index in [4.69, 9.17) is 0 Å². The number of thiophene rings is 1. The molecule has 5 heteroatoms. The van der Waals surface area contributed by atoms with Gasteiger partial charge in [0.05, 0.1) is 4.92 Å². The summed E-state index contributed by atoms with van der Waals surface area (Å²) in [6.45, 7) is 0. The summed E-state index contributed by atoms with van der Waals surface area (Å²) < 4.78 is 0. The number of nitro groups is 1. The van der Waals surface area contributed by atoms with Gasteiger partial charge in [0.25, 0.3) is 5.69 Å². The van der Waals surface area contributed by atoms with Gasteiger partial charge in [-0.1, -0.05) is 48.5 Å². The molecule has 0 fully saturated rings. The molecule has 0 aliphatic carbocycles. The van der Waals surface area contributed by atoms with Crippen LogP contribution in [-0.2, 0) is 0 Å². The molecule has 5 aromatic rings. The van der Waals surface area contributed by atoms with Crippen molar-refractivity contribution in [3.05, 3.63) is 131 Å². The van der Waals surface area contributed by atoms with E-state index >= 15 is 0 Å². The van der Waals surface area contributed by atoms with Gasteiger partial charge in [0.2, 0.25) is 0 Å². The summed E-state index contributed by atoms with van der Waals surface area (Å²) >= 11 is 1.68. The predicted molar refractivity (Wildman–Crippen MR) is 137 cm³/mol. The Bertz CT molecular complexity index is 1320. The van der Waals surface area contributed by atoms with Crippen LogP contribution in [0.5, 0.6) is 0 Å². The topological polar surface area (TPSA) is 46.4 Å². The standard InChI is InChI=1S/C28H20N2O2S/c31-30(32)26-17-13-22(14-18-26)28-20-19-27(33-28)21-11-15-25(16-12-21)29(23-7-3-1-4-8-23)24-9-5-2-6-10-24/h1-20H. The Labute approximate surface area is 196 Å². The van der Waals surface area contributed by atoms with Crippen molar-refractivity contribution in [3.8, 4) is 20.9 Å². The lowest BCUT2D eigenvalue weighted by Crippen LogP contribution is -2.09. The summed E-state index contributed by atoms with van der Waals surface area (Å²) in [6, 6.07) is 40.1. The lowest BCUT2D eigenvalue weighted by molar-refractivity contribution is -0.384. The summed E-state index contributed by atoms with van der Waals surface area (Å²) in [4.78, 5) is 15.0. The molecule has 0 unspecified atom stereocenters. The second kappa shape index (κ2) is 9.10. The first-order chi connectivity index (χ1) is 16.2. The fourth-order valence-corrected chi connectivity index (χ4v) is 4.79. The molecule has 33 heavy (non-hydrogen) atoms. The van der Waals surface area contributed by atoms with Gasteiger partial charge in [0.1, 0.15) is 0 Å². The van der Waals surface area contributed by atoms with Crippen LogP contribution in [0.25, 0.3) is 20.9 Å². The van der Waals surface area contributed by atoms with Gasteiger partial charge in [-0.25, -0.2) is 0 Å². The van der Waals surface area contributed by atoms with Crippen LogP contribution in [0.4, 0.5) is 22.7 Å². The van der Waals surface area contributed by atoms with Crippen LogP contribution in [0.2, 0.25) is 0 Å². The fourth-order valence-electron chi connectivity index (χ4n) is 3.77. The third-order valence-corrected chi connectivity index (χ3v) is 6.59. The van der Waals surface area contributed by atoms with Crippen LogP contribution in [0, 0.1) is 10.1 Å². The Balaban J connectivity index is 1.44. The molecule has 0 amide bonds. The molecule has 160 valence electrons. The van der Waals surface area contributed by atoms with E-state index in [2.05, 4.69) is 65.6 Å². The average molecular weight is 449 g/mol. The van der Waals surface area contributed by atoms with Crippen LogP contribution >= 0.6 is 11.3 Å². The van der Waals surface area contributed by atoms with Crippen molar-refractivity contribution in [2.45, 2.75) is 0 Å². The normalized spacial score (nSPS) is 10.7. The van der Waals surface area contributed by atoms with E-state index in [0.29, 0.717) is 0 Å². The number of rotatable bonds is 6. The summed E-state index contributed by atoms with van der Waals surface area (Å²) in [5, 5.41) is 10.9. The van der Waals surface area contributed by atoms with E-state index in [-0.39, 0.29) is 10.6 Å². The Morgan fingerprint density at radius 1 is 0.545 bits per heavy atom. The quantitative estimate of drug-likeness (QED) is 0.193. The number of non-ortho nitro benzene ring substituents is 1. The monoisotopic (exact) mass is 448 g/mol. The maximum absolute atomic E-state index is 10.9. The molecule has 5 rings (SSSR count). The van der Waals surface area contributed by atoms with Crippen molar-refractivity contribution in [2.24, 2.45) is 0 Å². The van der Waals surface area contributed by atoms with E-state index in [0.717, 1.165) is 37.9 Å². The van der Waals surface area contributed by atoms with E-state index in [1.807, 2.05) is 36.4 Å². The maximum atomic E-state index is 10.9. The molecule has 0 bridgehead atoms. The van der Waals surface area contributed by atoms with Crippen LogP contribution in [-0.4, -0.2) is 4.92 Å². The van der Waals surface area contributed by atoms with Gasteiger partial charge in [-0.15, -0.1) is 11.3 Å². The summed E-state index contributed by atoms with van der Waals surface area (Å²) in [5.41, 5.74) is 5.52. The number of anilines is 3. The number of nitro benzene ring substituents is 1. The minimum Gasteiger partial charge on any atom is -0.311 e. The van der Waals surface area contributed by atoms with Gasteiger partial charge in [0.15, 0.2) is 0 Å². The largest absolute Gasteiger partial charge is 0.311 e. The van der Waals surface area contributed by atoms with E-state index in [1.54, 1.807) is 35.6 Å². The number of hydrogen-bond acceptors (Lipinski definition) is 4. The number of para-hydroxylation sites is 2. The lowest BCUT2D eigenvalue weighted by Gasteiger charge is -2.25. The third kappa shape index (κ3) is 4.40. The molecule has 1 heterocycles. The molecule has 0 spiro atoms. The zero-order valence-corrected chi connectivity index (χ0v) is 18.5. The van der Waals surface area contributed by atoms with Crippen molar-refractivity contribution < 1.29 is 4.92 Å². The summed E-state index contributed by atoms with van der Waals surface area (Å²) in [6.07, 6.45) is 0. The molecular weight excluding hydrogens is 428 g/mol. The van der Waals surface area contributed by atoms with Crippen molar-refractivity contribution in [2.75, 3.05) is 4.90 Å². The lowest BCUT2D eigenvalue weighted by atomic mass is 10.1. The van der Waals surface area contributed by atoms with Crippen molar-refractivity contribution in [3.63, 3.8) is 0 Å². The van der Waals surface area contributed by atoms with Crippen molar-refractivity contribution in [1.29, 1.82) is 0 Å². The molecule has 0 N–H and O–H groups in total. The highest BCUT2D eigenvalue weighted by atomic mass is 32.1. The van der Waals surface area contributed by atoms with Crippen LogP contribution in [0.1, 0.15) is 0 Å². The summed E-state index contributed by atoms with van der Waals surface area (Å²) in [7, 11) is 0. The van der Waals surface area contributed by atoms with Gasteiger partial charge in [0, 0.05) is 38.9 Å². The molecule has 0 aliphatic rings. The van der Waals surface area contributed by atoms with Gasteiger partial charge in [-0.3, -0.25) is 10.1 Å². The molecule has 4 aromatic carbocycles. The Morgan fingerprint density at radius 3 is 1.42 bits per heavy atom. The van der Waals surface area contributed by atoms with Crippen molar-refractivity contribution in [1.82, 2.24) is 0 Å². The number of nitrogens with zero attached hydrogens (tertiary/aromatic N) is 2. The first kappa shape index (κ1) is 20.7. The van der Waals surface area contributed by atoms with Crippen LogP contribution in [0.15, 0.2) is 121 Å². The second-order valence-electron chi connectivity index (χ2n) is 7.52. The first-order valence-electron chi connectivity index (χ1n) is 10.5. The molecule has 1 aromatic heterocycles. The minimum absolute atomic E-state index is 0.104. The molecule has 0 atom stereocenters. The van der Waals surface area contributed by atoms with Crippen molar-refractivity contribution >= 4 is 34.1 Å².